The Labute approximate surface area is 147 Å². The zero-order valence-electron chi connectivity index (χ0n) is 13.9. The first-order chi connectivity index (χ1) is 12.2. The Balaban J connectivity index is 1.78. The Hall–Kier alpha value is -3.13. The molecule has 0 amide bonds. The molecule has 0 saturated heterocycles. The van der Waals surface area contributed by atoms with Crippen LogP contribution < -0.4 is 5.32 Å². The summed E-state index contributed by atoms with van der Waals surface area (Å²) in [5, 5.41) is 3.36. The van der Waals surface area contributed by atoms with Gasteiger partial charge in [0, 0.05) is 28.4 Å². The van der Waals surface area contributed by atoms with Gasteiger partial charge in [-0.25, -0.2) is 0 Å². The average molecular weight is 325 g/mol. The highest BCUT2D eigenvalue weighted by Crippen LogP contribution is 2.40. The number of allylic oxidation sites excluding steroid dienone is 1. The van der Waals surface area contributed by atoms with Crippen LogP contribution in [0.5, 0.6) is 0 Å². The lowest BCUT2D eigenvalue weighted by molar-refractivity contribution is 0.103. The lowest BCUT2D eigenvalue weighted by atomic mass is 9.83. The van der Waals surface area contributed by atoms with Crippen LogP contribution in [0.3, 0.4) is 0 Å². The van der Waals surface area contributed by atoms with Gasteiger partial charge in [0.05, 0.1) is 0 Å². The molecule has 0 bridgehead atoms. The minimum atomic E-state index is 0.0552. The normalized spacial score (nSPS) is 16.0. The fraction of sp³-hybridized carbons (Fsp3) is 0.0870. The summed E-state index contributed by atoms with van der Waals surface area (Å²) in [4.78, 5) is 12.8. The molecule has 2 heteroatoms. The monoisotopic (exact) mass is 325 g/mol. The average Bonchev–Trinajstić information content (AvgIpc) is 2.68. The summed E-state index contributed by atoms with van der Waals surface area (Å²) >= 11 is 0. The molecule has 0 radical (unpaired) electrons. The Morgan fingerprint density at radius 3 is 2.28 bits per heavy atom. The molecular weight excluding hydrogens is 306 g/mol. The first-order valence-corrected chi connectivity index (χ1v) is 8.46. The van der Waals surface area contributed by atoms with E-state index in [1.165, 1.54) is 5.56 Å². The van der Waals surface area contributed by atoms with E-state index in [0.717, 1.165) is 28.9 Å². The summed E-state index contributed by atoms with van der Waals surface area (Å²) in [6.07, 6.45) is 0.833. The Kier molecular flexibility index (Phi) is 3.95. The number of fused-ring (bicyclic) bond motifs is 1. The molecule has 1 N–H and O–H groups in total. The number of anilines is 1. The van der Waals surface area contributed by atoms with Gasteiger partial charge in [-0.2, -0.15) is 0 Å². The zero-order chi connectivity index (χ0) is 17.2. The maximum absolute atomic E-state index is 12.8. The van der Waals surface area contributed by atoms with Crippen LogP contribution in [0.1, 0.15) is 39.4 Å². The second-order valence-electron chi connectivity index (χ2n) is 6.39. The van der Waals surface area contributed by atoms with Crippen molar-refractivity contribution in [2.75, 3.05) is 5.32 Å². The number of nitrogens with one attached hydrogen (secondary N) is 1. The standard InChI is InChI=1S/C23H19NO/c1-16-14-20(17-8-4-2-5-9-17)21-15-19(12-13-22(21)24-16)23(25)18-10-6-3-7-11-18/h2-13,15,20,24H,1,14H2. The second kappa shape index (κ2) is 6.40. The molecule has 3 aromatic carbocycles. The van der Waals surface area contributed by atoms with Gasteiger partial charge >= 0.3 is 0 Å². The van der Waals surface area contributed by atoms with Crippen molar-refractivity contribution in [3.63, 3.8) is 0 Å². The highest BCUT2D eigenvalue weighted by atomic mass is 16.1. The molecule has 122 valence electrons. The van der Waals surface area contributed by atoms with E-state index in [-0.39, 0.29) is 11.7 Å². The Bertz CT molecular complexity index is 929. The topological polar surface area (TPSA) is 29.1 Å². The maximum atomic E-state index is 12.8. The van der Waals surface area contributed by atoms with E-state index in [9.17, 15) is 4.79 Å². The number of benzene rings is 3. The van der Waals surface area contributed by atoms with Crippen LogP contribution in [0, 0.1) is 0 Å². The molecular formula is C23H19NO. The second-order valence-corrected chi connectivity index (χ2v) is 6.39. The van der Waals surface area contributed by atoms with E-state index in [1.54, 1.807) is 0 Å². The van der Waals surface area contributed by atoms with Crippen LogP contribution >= 0.6 is 0 Å². The molecule has 1 heterocycles. The van der Waals surface area contributed by atoms with Crippen molar-refractivity contribution < 1.29 is 4.79 Å². The van der Waals surface area contributed by atoms with Crippen molar-refractivity contribution in [2.24, 2.45) is 0 Å². The summed E-state index contributed by atoms with van der Waals surface area (Å²) in [5.41, 5.74) is 5.88. The van der Waals surface area contributed by atoms with Gasteiger partial charge in [-0.1, -0.05) is 67.2 Å². The van der Waals surface area contributed by atoms with Crippen molar-refractivity contribution in [3.8, 4) is 0 Å². The van der Waals surface area contributed by atoms with Crippen LogP contribution in [-0.4, -0.2) is 5.78 Å². The highest BCUT2D eigenvalue weighted by Gasteiger charge is 2.24. The van der Waals surface area contributed by atoms with E-state index < -0.39 is 0 Å². The molecule has 0 aromatic heterocycles. The Morgan fingerprint density at radius 1 is 0.880 bits per heavy atom. The predicted molar refractivity (Wildman–Crippen MR) is 102 cm³/mol. The largest absolute Gasteiger partial charge is 0.359 e. The lowest BCUT2D eigenvalue weighted by Gasteiger charge is -2.29. The summed E-state index contributed by atoms with van der Waals surface area (Å²) in [6.45, 7) is 4.12. The minimum absolute atomic E-state index is 0.0552. The number of ketones is 1. The molecule has 1 aliphatic rings. The number of rotatable bonds is 3. The van der Waals surface area contributed by atoms with Crippen molar-refractivity contribution in [3.05, 3.63) is 113 Å². The van der Waals surface area contributed by atoms with Gasteiger partial charge in [-0.05, 0) is 35.7 Å². The summed E-state index contributed by atoms with van der Waals surface area (Å²) < 4.78 is 0. The number of carbonyl (C=O) groups excluding carboxylic acids is 1. The molecule has 0 spiro atoms. The molecule has 25 heavy (non-hydrogen) atoms. The zero-order valence-corrected chi connectivity index (χ0v) is 13.9. The van der Waals surface area contributed by atoms with Crippen LogP contribution in [0.15, 0.2) is 91.1 Å². The molecule has 1 unspecified atom stereocenters. The van der Waals surface area contributed by atoms with Crippen LogP contribution in [0.2, 0.25) is 0 Å². The van der Waals surface area contributed by atoms with Crippen LogP contribution in [0.25, 0.3) is 0 Å². The fourth-order valence-electron chi connectivity index (χ4n) is 3.44. The van der Waals surface area contributed by atoms with Crippen molar-refractivity contribution in [1.29, 1.82) is 0 Å². The SMILES string of the molecule is C=C1CC(c2ccccc2)c2cc(C(=O)c3ccccc3)ccc2N1. The smallest absolute Gasteiger partial charge is 0.193 e. The minimum Gasteiger partial charge on any atom is -0.359 e. The molecule has 0 aliphatic carbocycles. The van der Waals surface area contributed by atoms with E-state index in [4.69, 9.17) is 0 Å². The van der Waals surface area contributed by atoms with E-state index in [0.29, 0.717) is 5.56 Å². The van der Waals surface area contributed by atoms with Gasteiger partial charge in [0.15, 0.2) is 5.78 Å². The van der Waals surface area contributed by atoms with Gasteiger partial charge in [-0.3, -0.25) is 4.79 Å². The first-order valence-electron chi connectivity index (χ1n) is 8.46. The van der Waals surface area contributed by atoms with Gasteiger partial charge in [-0.15, -0.1) is 0 Å². The van der Waals surface area contributed by atoms with Gasteiger partial charge in [0.25, 0.3) is 0 Å². The van der Waals surface area contributed by atoms with Crippen molar-refractivity contribution in [1.82, 2.24) is 0 Å². The summed E-state index contributed by atoms with van der Waals surface area (Å²) in [7, 11) is 0. The molecule has 4 rings (SSSR count). The molecule has 0 fully saturated rings. The van der Waals surface area contributed by atoms with E-state index in [1.807, 2.05) is 54.6 Å². The van der Waals surface area contributed by atoms with Gasteiger partial charge in [0.1, 0.15) is 0 Å². The molecule has 0 saturated carbocycles. The Morgan fingerprint density at radius 2 is 1.56 bits per heavy atom. The van der Waals surface area contributed by atoms with Gasteiger partial charge < -0.3 is 5.32 Å². The number of carbonyl (C=O) groups is 1. The van der Waals surface area contributed by atoms with Gasteiger partial charge in [0.2, 0.25) is 0 Å². The summed E-state index contributed by atoms with van der Waals surface area (Å²) in [5.74, 6) is 0.271. The molecule has 2 nitrogen and oxygen atoms in total. The number of hydrogen-bond acceptors (Lipinski definition) is 2. The van der Waals surface area contributed by atoms with Crippen molar-refractivity contribution >= 4 is 11.5 Å². The fourth-order valence-corrected chi connectivity index (χ4v) is 3.44. The van der Waals surface area contributed by atoms with Crippen LogP contribution in [-0.2, 0) is 0 Å². The molecule has 3 aromatic rings. The summed E-state index contributed by atoms with van der Waals surface area (Å²) in [6, 6.07) is 25.7. The van der Waals surface area contributed by atoms with E-state index >= 15 is 0 Å². The lowest BCUT2D eigenvalue weighted by Crippen LogP contribution is -2.16. The maximum Gasteiger partial charge on any atom is 0.193 e. The van der Waals surface area contributed by atoms with E-state index in [2.05, 4.69) is 36.2 Å². The third-order valence-electron chi connectivity index (χ3n) is 4.69. The quantitative estimate of drug-likeness (QED) is 0.655. The van der Waals surface area contributed by atoms with Crippen LogP contribution in [0.4, 0.5) is 5.69 Å². The number of hydrogen-bond donors (Lipinski definition) is 1. The predicted octanol–water partition coefficient (Wildman–Crippen LogP) is 5.38. The third kappa shape index (κ3) is 2.99. The highest BCUT2D eigenvalue weighted by molar-refractivity contribution is 6.09. The third-order valence-corrected chi connectivity index (χ3v) is 4.69. The molecule has 1 atom stereocenters. The molecule has 1 aliphatic heterocycles. The first kappa shape index (κ1) is 15.4. The van der Waals surface area contributed by atoms with Crippen molar-refractivity contribution in [2.45, 2.75) is 12.3 Å².